The molecule has 1 aliphatic rings. The van der Waals surface area contributed by atoms with Crippen LogP contribution in [0.2, 0.25) is 0 Å². The van der Waals surface area contributed by atoms with Gasteiger partial charge in [0.25, 0.3) is 5.91 Å². The maximum absolute atomic E-state index is 12.4. The number of aliphatic carboxylic acids is 1. The Kier molecular flexibility index (Phi) is 5.41. The van der Waals surface area contributed by atoms with E-state index >= 15 is 0 Å². The van der Waals surface area contributed by atoms with E-state index in [-0.39, 0.29) is 11.9 Å². The molecule has 0 aromatic heterocycles. The minimum atomic E-state index is -0.838. The topological polar surface area (TPSA) is 75.6 Å². The van der Waals surface area contributed by atoms with E-state index in [0.29, 0.717) is 25.0 Å². The van der Waals surface area contributed by atoms with Gasteiger partial charge < -0.3 is 15.2 Å². The zero-order valence-electron chi connectivity index (χ0n) is 13.0. The average Bonchev–Trinajstić information content (AvgIpc) is 2.93. The first kappa shape index (κ1) is 16.3. The number of hydrogen-bond donors (Lipinski definition) is 2. The molecule has 5 heteroatoms. The molecule has 0 heterocycles. The number of rotatable bonds is 6. The Morgan fingerprint density at radius 1 is 1.41 bits per heavy atom. The summed E-state index contributed by atoms with van der Waals surface area (Å²) in [6, 6.07) is 7.25. The zero-order chi connectivity index (χ0) is 16.1. The molecule has 0 bridgehead atoms. The second kappa shape index (κ2) is 7.29. The number of aryl methyl sites for hydroxylation is 1. The number of carboxylic acid groups (broad SMARTS) is 1. The molecule has 5 nitrogen and oxygen atoms in total. The minimum Gasteiger partial charge on any atom is -0.481 e. The van der Waals surface area contributed by atoms with Crippen molar-refractivity contribution in [2.45, 2.75) is 51.7 Å². The molecule has 2 rings (SSSR count). The van der Waals surface area contributed by atoms with Crippen LogP contribution in [-0.4, -0.2) is 29.1 Å². The number of benzene rings is 1. The Morgan fingerprint density at radius 3 is 2.82 bits per heavy atom. The van der Waals surface area contributed by atoms with Gasteiger partial charge in [0, 0.05) is 6.04 Å². The van der Waals surface area contributed by atoms with Crippen molar-refractivity contribution in [1.82, 2.24) is 5.32 Å². The largest absolute Gasteiger partial charge is 0.481 e. The smallest absolute Gasteiger partial charge is 0.308 e. The number of nitrogens with one attached hydrogen (secondary N) is 1. The van der Waals surface area contributed by atoms with Crippen molar-refractivity contribution in [1.29, 1.82) is 0 Å². The van der Waals surface area contributed by atoms with Gasteiger partial charge in [0.2, 0.25) is 0 Å². The lowest BCUT2D eigenvalue weighted by Gasteiger charge is -2.22. The van der Waals surface area contributed by atoms with Gasteiger partial charge in [0.1, 0.15) is 5.75 Å². The lowest BCUT2D eigenvalue weighted by molar-refractivity contribution is -0.142. The molecule has 22 heavy (non-hydrogen) atoms. The maximum atomic E-state index is 12.4. The van der Waals surface area contributed by atoms with Gasteiger partial charge in [-0.2, -0.15) is 0 Å². The number of amides is 1. The molecule has 120 valence electrons. The van der Waals surface area contributed by atoms with E-state index in [4.69, 9.17) is 4.74 Å². The molecule has 2 N–H and O–H groups in total. The third-order valence-corrected chi connectivity index (χ3v) is 4.09. The first-order chi connectivity index (χ1) is 10.5. The number of ether oxygens (including phenoxy) is 1. The second-order valence-corrected chi connectivity index (χ2v) is 5.82. The first-order valence-electron chi connectivity index (χ1n) is 7.77. The van der Waals surface area contributed by atoms with Crippen LogP contribution in [0.5, 0.6) is 5.75 Å². The fourth-order valence-electron chi connectivity index (χ4n) is 2.88. The minimum absolute atomic E-state index is 0.234. The van der Waals surface area contributed by atoms with Gasteiger partial charge in [0.05, 0.1) is 5.92 Å². The van der Waals surface area contributed by atoms with Gasteiger partial charge in [0.15, 0.2) is 6.10 Å². The second-order valence-electron chi connectivity index (χ2n) is 5.82. The Hall–Kier alpha value is -2.04. The summed E-state index contributed by atoms with van der Waals surface area (Å²) in [6.07, 6.45) is 2.10. The van der Waals surface area contributed by atoms with Gasteiger partial charge in [-0.05, 0) is 43.9 Å². The molecule has 1 unspecified atom stereocenters. The predicted octanol–water partition coefficient (Wildman–Crippen LogP) is 2.52. The molecule has 3 atom stereocenters. The van der Waals surface area contributed by atoms with Crippen molar-refractivity contribution in [2.24, 2.45) is 5.92 Å². The number of carbonyl (C=O) groups excluding carboxylic acids is 1. The Balaban J connectivity index is 1.98. The molecule has 0 spiro atoms. The summed E-state index contributed by atoms with van der Waals surface area (Å²) in [6.45, 7) is 3.84. The molecular formula is C17H23NO4. The van der Waals surface area contributed by atoms with Gasteiger partial charge in [-0.1, -0.05) is 25.5 Å². The molecule has 1 saturated carbocycles. The fourth-order valence-corrected chi connectivity index (χ4v) is 2.88. The third kappa shape index (κ3) is 4.00. The highest BCUT2D eigenvalue weighted by Crippen LogP contribution is 2.26. The highest BCUT2D eigenvalue weighted by Gasteiger charge is 2.35. The summed E-state index contributed by atoms with van der Waals surface area (Å²) in [7, 11) is 0. The molecule has 1 fully saturated rings. The van der Waals surface area contributed by atoms with Crippen LogP contribution in [0.15, 0.2) is 24.3 Å². The van der Waals surface area contributed by atoms with Crippen molar-refractivity contribution >= 4 is 11.9 Å². The predicted molar refractivity (Wildman–Crippen MR) is 82.8 cm³/mol. The van der Waals surface area contributed by atoms with Crippen molar-refractivity contribution in [3.05, 3.63) is 29.8 Å². The van der Waals surface area contributed by atoms with Crippen LogP contribution in [0, 0.1) is 12.8 Å². The Morgan fingerprint density at radius 2 is 2.18 bits per heavy atom. The van der Waals surface area contributed by atoms with Crippen LogP contribution >= 0.6 is 0 Å². The molecule has 0 saturated heterocycles. The van der Waals surface area contributed by atoms with Crippen molar-refractivity contribution in [2.75, 3.05) is 0 Å². The van der Waals surface area contributed by atoms with Crippen LogP contribution in [0.1, 0.15) is 38.2 Å². The highest BCUT2D eigenvalue weighted by molar-refractivity contribution is 5.82. The molecule has 0 radical (unpaired) electrons. The van der Waals surface area contributed by atoms with Gasteiger partial charge in [-0.25, -0.2) is 0 Å². The van der Waals surface area contributed by atoms with Crippen molar-refractivity contribution in [3.8, 4) is 5.75 Å². The number of carboxylic acids is 1. The van der Waals surface area contributed by atoms with E-state index in [0.717, 1.165) is 12.0 Å². The molecular weight excluding hydrogens is 282 g/mol. The summed E-state index contributed by atoms with van der Waals surface area (Å²) >= 11 is 0. The van der Waals surface area contributed by atoms with Gasteiger partial charge >= 0.3 is 5.97 Å². The SMILES string of the molecule is CCC(Oc1cccc(C)c1)C(=O)N[C@@H]1CCC[C@@H]1C(=O)O. The van der Waals surface area contributed by atoms with Crippen LogP contribution < -0.4 is 10.1 Å². The quantitative estimate of drug-likeness (QED) is 0.847. The lowest BCUT2D eigenvalue weighted by atomic mass is 10.0. The average molecular weight is 305 g/mol. The maximum Gasteiger partial charge on any atom is 0.308 e. The third-order valence-electron chi connectivity index (χ3n) is 4.09. The molecule has 1 aromatic carbocycles. The summed E-state index contributed by atoms with van der Waals surface area (Å²) in [5, 5.41) is 12.0. The van der Waals surface area contributed by atoms with Gasteiger partial charge in [-0.15, -0.1) is 0 Å². The summed E-state index contributed by atoms with van der Waals surface area (Å²) in [5.41, 5.74) is 1.06. The summed E-state index contributed by atoms with van der Waals surface area (Å²) in [4.78, 5) is 23.5. The van der Waals surface area contributed by atoms with E-state index in [1.54, 1.807) is 0 Å². The fraction of sp³-hybridized carbons (Fsp3) is 0.529. The lowest BCUT2D eigenvalue weighted by Crippen LogP contribution is -2.46. The number of carbonyl (C=O) groups is 2. The zero-order valence-corrected chi connectivity index (χ0v) is 13.0. The van der Waals surface area contributed by atoms with E-state index in [1.165, 1.54) is 0 Å². The van der Waals surface area contributed by atoms with Crippen LogP contribution in [0.4, 0.5) is 0 Å². The molecule has 1 amide bonds. The van der Waals surface area contributed by atoms with Crippen LogP contribution in [0.3, 0.4) is 0 Å². The standard InChI is InChI=1S/C17H23NO4/c1-3-15(22-12-7-4-6-11(2)10-12)16(19)18-14-9-5-8-13(14)17(20)21/h4,6-7,10,13-15H,3,5,8-9H2,1-2H3,(H,18,19)(H,20,21)/t13-,14+,15?/m0/s1. The van der Waals surface area contributed by atoms with Gasteiger partial charge in [-0.3, -0.25) is 9.59 Å². The van der Waals surface area contributed by atoms with Crippen molar-refractivity contribution < 1.29 is 19.4 Å². The van der Waals surface area contributed by atoms with E-state index in [9.17, 15) is 14.7 Å². The number of hydrogen-bond acceptors (Lipinski definition) is 3. The van der Waals surface area contributed by atoms with E-state index in [1.807, 2.05) is 38.1 Å². The van der Waals surface area contributed by atoms with E-state index in [2.05, 4.69) is 5.32 Å². The highest BCUT2D eigenvalue weighted by atomic mass is 16.5. The van der Waals surface area contributed by atoms with Crippen LogP contribution in [0.25, 0.3) is 0 Å². The monoisotopic (exact) mass is 305 g/mol. The first-order valence-corrected chi connectivity index (χ1v) is 7.77. The molecule has 0 aliphatic heterocycles. The molecule has 1 aliphatic carbocycles. The normalized spacial score (nSPS) is 22.1. The van der Waals surface area contributed by atoms with E-state index < -0.39 is 18.0 Å². The molecule has 1 aromatic rings. The summed E-state index contributed by atoms with van der Waals surface area (Å²) in [5.74, 6) is -0.902. The van der Waals surface area contributed by atoms with Crippen molar-refractivity contribution in [3.63, 3.8) is 0 Å². The van der Waals surface area contributed by atoms with Crippen LogP contribution in [-0.2, 0) is 9.59 Å². The Bertz CT molecular complexity index is 543. The Labute approximate surface area is 130 Å². The summed E-state index contributed by atoms with van der Waals surface area (Å²) < 4.78 is 5.75.